The van der Waals surface area contributed by atoms with E-state index in [2.05, 4.69) is 14.9 Å². The quantitative estimate of drug-likeness (QED) is 0.497. The molecule has 0 fully saturated rings. The fraction of sp³-hybridized carbons (Fsp3) is 0.0500. The summed E-state index contributed by atoms with van der Waals surface area (Å²) in [6, 6.07) is 18.8. The second kappa shape index (κ2) is 7.18. The molecule has 0 bridgehead atoms. The minimum Gasteiger partial charge on any atom is -0.497 e. The SMILES string of the molecule is COc1ccc(S(=O)(=O)Nc2ccc3c(-c4ccccc4Cl)n[nH]c3c2)cc1. The lowest BCUT2D eigenvalue weighted by molar-refractivity contribution is 0.414. The number of ether oxygens (including phenoxy) is 1. The number of rotatable bonds is 5. The Labute approximate surface area is 167 Å². The molecule has 3 aromatic carbocycles. The van der Waals surface area contributed by atoms with Gasteiger partial charge in [-0.05, 0) is 48.5 Å². The van der Waals surface area contributed by atoms with E-state index in [1.807, 2.05) is 24.3 Å². The van der Waals surface area contributed by atoms with Crippen LogP contribution >= 0.6 is 11.6 Å². The zero-order chi connectivity index (χ0) is 19.7. The number of aromatic amines is 1. The Morgan fingerprint density at radius 1 is 1.04 bits per heavy atom. The van der Waals surface area contributed by atoms with Crippen LogP contribution in [0.5, 0.6) is 5.75 Å². The van der Waals surface area contributed by atoms with Crippen LogP contribution in [-0.2, 0) is 10.0 Å². The number of sulfonamides is 1. The Morgan fingerprint density at radius 3 is 2.50 bits per heavy atom. The number of aromatic nitrogens is 2. The van der Waals surface area contributed by atoms with Crippen LogP contribution in [0.3, 0.4) is 0 Å². The lowest BCUT2D eigenvalue weighted by atomic mass is 10.1. The van der Waals surface area contributed by atoms with Crippen LogP contribution in [0, 0.1) is 0 Å². The predicted octanol–water partition coefficient (Wildman–Crippen LogP) is 4.69. The second-order valence-corrected chi connectivity index (χ2v) is 8.18. The number of H-pyrrole nitrogens is 1. The summed E-state index contributed by atoms with van der Waals surface area (Å²) < 4.78 is 32.9. The van der Waals surface area contributed by atoms with E-state index in [0.29, 0.717) is 27.7 Å². The summed E-state index contributed by atoms with van der Waals surface area (Å²) in [4.78, 5) is 0.148. The van der Waals surface area contributed by atoms with Crippen LogP contribution in [-0.4, -0.2) is 25.7 Å². The van der Waals surface area contributed by atoms with Crippen molar-refractivity contribution in [3.05, 3.63) is 71.8 Å². The van der Waals surface area contributed by atoms with Gasteiger partial charge in [-0.2, -0.15) is 5.10 Å². The molecule has 142 valence electrons. The lowest BCUT2D eigenvalue weighted by Crippen LogP contribution is -2.12. The smallest absolute Gasteiger partial charge is 0.261 e. The first-order valence-corrected chi connectivity index (χ1v) is 10.2. The van der Waals surface area contributed by atoms with Crippen LogP contribution in [0.15, 0.2) is 71.6 Å². The highest BCUT2D eigenvalue weighted by Crippen LogP contribution is 2.32. The van der Waals surface area contributed by atoms with E-state index in [1.165, 1.54) is 19.2 Å². The first kappa shape index (κ1) is 18.3. The van der Waals surface area contributed by atoms with Crippen molar-refractivity contribution in [3.8, 4) is 17.0 Å². The number of hydrogen-bond acceptors (Lipinski definition) is 4. The molecule has 0 saturated carbocycles. The molecule has 4 rings (SSSR count). The van der Waals surface area contributed by atoms with E-state index in [-0.39, 0.29) is 4.90 Å². The number of halogens is 1. The molecule has 0 unspecified atom stereocenters. The summed E-state index contributed by atoms with van der Waals surface area (Å²) >= 11 is 6.27. The maximum atomic E-state index is 12.6. The number of anilines is 1. The van der Waals surface area contributed by atoms with Crippen molar-refractivity contribution in [3.63, 3.8) is 0 Å². The summed E-state index contributed by atoms with van der Waals surface area (Å²) in [5.41, 5.74) is 2.65. The number of methoxy groups -OCH3 is 1. The largest absolute Gasteiger partial charge is 0.497 e. The van der Waals surface area contributed by atoms with Gasteiger partial charge >= 0.3 is 0 Å². The standard InChI is InChI=1S/C20H16ClN3O3S/c1-27-14-7-9-15(10-8-14)28(25,26)24-13-6-11-17-19(12-13)22-23-20(17)16-4-2-3-5-18(16)21/h2-12,24H,1H3,(H,22,23). The van der Waals surface area contributed by atoms with Gasteiger partial charge in [0.1, 0.15) is 11.4 Å². The van der Waals surface area contributed by atoms with E-state index in [9.17, 15) is 8.42 Å². The molecule has 1 aromatic heterocycles. The van der Waals surface area contributed by atoms with Crippen molar-refractivity contribution in [2.75, 3.05) is 11.8 Å². The second-order valence-electron chi connectivity index (χ2n) is 6.09. The summed E-state index contributed by atoms with van der Waals surface area (Å²) in [7, 11) is -2.19. The number of nitrogens with one attached hydrogen (secondary N) is 2. The Hall–Kier alpha value is -3.03. The highest BCUT2D eigenvalue weighted by atomic mass is 35.5. The molecule has 0 atom stereocenters. The highest BCUT2D eigenvalue weighted by molar-refractivity contribution is 7.92. The Morgan fingerprint density at radius 2 is 1.79 bits per heavy atom. The van der Waals surface area contributed by atoms with Crippen molar-refractivity contribution < 1.29 is 13.2 Å². The van der Waals surface area contributed by atoms with Crippen molar-refractivity contribution in [2.45, 2.75) is 4.90 Å². The predicted molar refractivity (Wildman–Crippen MR) is 110 cm³/mol. The molecule has 0 aliphatic rings. The van der Waals surface area contributed by atoms with Crippen molar-refractivity contribution in [1.29, 1.82) is 0 Å². The van der Waals surface area contributed by atoms with Crippen molar-refractivity contribution >= 4 is 38.2 Å². The summed E-state index contributed by atoms with van der Waals surface area (Å²) in [5.74, 6) is 0.588. The fourth-order valence-corrected chi connectivity index (χ4v) is 4.19. The molecule has 0 aliphatic heterocycles. The van der Waals surface area contributed by atoms with Gasteiger partial charge in [0, 0.05) is 10.9 Å². The third kappa shape index (κ3) is 3.42. The third-order valence-electron chi connectivity index (χ3n) is 4.31. The molecule has 0 saturated heterocycles. The monoisotopic (exact) mass is 413 g/mol. The topological polar surface area (TPSA) is 84.1 Å². The molecular weight excluding hydrogens is 398 g/mol. The minimum absolute atomic E-state index is 0.148. The molecule has 0 aliphatic carbocycles. The van der Waals surface area contributed by atoms with Gasteiger partial charge in [0.2, 0.25) is 0 Å². The normalized spacial score (nSPS) is 11.5. The minimum atomic E-state index is -3.72. The molecule has 0 amide bonds. The fourth-order valence-electron chi connectivity index (χ4n) is 2.91. The number of nitrogens with zero attached hydrogens (tertiary/aromatic N) is 1. The summed E-state index contributed by atoms with van der Waals surface area (Å²) in [5, 5.41) is 8.72. The molecule has 2 N–H and O–H groups in total. The zero-order valence-corrected chi connectivity index (χ0v) is 16.4. The molecule has 0 spiro atoms. The van der Waals surface area contributed by atoms with Crippen LogP contribution in [0.2, 0.25) is 5.02 Å². The maximum absolute atomic E-state index is 12.6. The van der Waals surface area contributed by atoms with Gasteiger partial charge in [0.25, 0.3) is 10.0 Å². The average molecular weight is 414 g/mol. The van der Waals surface area contributed by atoms with E-state index in [4.69, 9.17) is 16.3 Å². The van der Waals surface area contributed by atoms with E-state index in [1.54, 1.807) is 30.3 Å². The van der Waals surface area contributed by atoms with Crippen LogP contribution < -0.4 is 9.46 Å². The molecule has 6 nitrogen and oxygen atoms in total. The Bertz CT molecular complexity index is 1250. The summed E-state index contributed by atoms with van der Waals surface area (Å²) in [6.45, 7) is 0. The molecule has 0 radical (unpaired) electrons. The number of hydrogen-bond donors (Lipinski definition) is 2. The van der Waals surface area contributed by atoms with Gasteiger partial charge in [-0.25, -0.2) is 8.42 Å². The Balaban J connectivity index is 1.66. The summed E-state index contributed by atoms with van der Waals surface area (Å²) in [6.07, 6.45) is 0. The third-order valence-corrected chi connectivity index (χ3v) is 6.04. The Kier molecular flexibility index (Phi) is 4.70. The molecular formula is C20H16ClN3O3S. The lowest BCUT2D eigenvalue weighted by Gasteiger charge is -2.09. The van der Waals surface area contributed by atoms with E-state index in [0.717, 1.165) is 10.9 Å². The number of fused-ring (bicyclic) bond motifs is 1. The van der Waals surface area contributed by atoms with Crippen LogP contribution in [0.4, 0.5) is 5.69 Å². The van der Waals surface area contributed by atoms with Gasteiger partial charge in [-0.1, -0.05) is 29.8 Å². The molecule has 8 heteroatoms. The van der Waals surface area contributed by atoms with Gasteiger partial charge in [0.15, 0.2) is 0 Å². The molecule has 1 heterocycles. The highest BCUT2D eigenvalue weighted by Gasteiger charge is 2.16. The zero-order valence-electron chi connectivity index (χ0n) is 14.8. The maximum Gasteiger partial charge on any atom is 0.261 e. The molecule has 4 aromatic rings. The molecule has 28 heavy (non-hydrogen) atoms. The number of benzene rings is 3. The van der Waals surface area contributed by atoms with Gasteiger partial charge < -0.3 is 4.74 Å². The average Bonchev–Trinajstić information content (AvgIpc) is 3.11. The first-order valence-electron chi connectivity index (χ1n) is 8.38. The van der Waals surface area contributed by atoms with E-state index >= 15 is 0 Å². The first-order chi connectivity index (χ1) is 13.5. The van der Waals surface area contributed by atoms with Crippen molar-refractivity contribution in [2.24, 2.45) is 0 Å². The van der Waals surface area contributed by atoms with E-state index < -0.39 is 10.0 Å². The van der Waals surface area contributed by atoms with Gasteiger partial charge in [0.05, 0.1) is 28.2 Å². The van der Waals surface area contributed by atoms with Crippen LogP contribution in [0.1, 0.15) is 0 Å². The van der Waals surface area contributed by atoms with Gasteiger partial charge in [-0.15, -0.1) is 0 Å². The van der Waals surface area contributed by atoms with Crippen LogP contribution in [0.25, 0.3) is 22.2 Å². The van der Waals surface area contributed by atoms with Crippen molar-refractivity contribution in [1.82, 2.24) is 10.2 Å². The van der Waals surface area contributed by atoms with Gasteiger partial charge in [-0.3, -0.25) is 9.82 Å².